The van der Waals surface area contributed by atoms with E-state index in [1.165, 1.54) is 6.26 Å². The number of aromatic nitrogens is 1. The molecule has 0 spiro atoms. The van der Waals surface area contributed by atoms with Gasteiger partial charge in [0.1, 0.15) is 24.5 Å². The molecule has 1 aliphatic rings. The quantitative estimate of drug-likeness (QED) is 0.448. The molecule has 1 aromatic heterocycles. The summed E-state index contributed by atoms with van der Waals surface area (Å²) in [7, 11) is -3.22. The first-order chi connectivity index (χ1) is 15.8. The second-order valence-electron chi connectivity index (χ2n) is 8.00. The van der Waals surface area contributed by atoms with Crippen molar-refractivity contribution in [2.24, 2.45) is 0 Å². The van der Waals surface area contributed by atoms with Crippen LogP contribution < -0.4 is 14.2 Å². The van der Waals surface area contributed by atoms with E-state index in [4.69, 9.17) is 32.7 Å². The Morgan fingerprint density at radius 3 is 2.79 bits per heavy atom. The number of alkyl halides is 1. The number of nitrogens with one attached hydrogen (secondary N) is 1. The maximum absolute atomic E-state index is 11.5. The lowest BCUT2D eigenvalue weighted by Crippen LogP contribution is -2.32. The minimum absolute atomic E-state index is 0.0405. The molecular formula is C23H23Cl2N3O4S. The molecule has 0 saturated heterocycles. The lowest BCUT2D eigenvalue weighted by molar-refractivity contribution is 0.208. The Bertz CT molecular complexity index is 1320. The van der Waals surface area contributed by atoms with Gasteiger partial charge >= 0.3 is 0 Å². The van der Waals surface area contributed by atoms with Crippen LogP contribution in [0.2, 0.25) is 5.02 Å². The van der Waals surface area contributed by atoms with Gasteiger partial charge < -0.3 is 14.0 Å². The summed E-state index contributed by atoms with van der Waals surface area (Å²) < 4.78 is 39.1. The summed E-state index contributed by atoms with van der Waals surface area (Å²) in [6.07, 6.45) is 5.22. The third-order valence-electron chi connectivity index (χ3n) is 5.48. The van der Waals surface area contributed by atoms with Crippen LogP contribution in [-0.2, 0) is 10.0 Å². The average molecular weight is 508 g/mol. The molecule has 33 heavy (non-hydrogen) atoms. The Morgan fingerprint density at radius 2 is 2.06 bits per heavy atom. The van der Waals surface area contributed by atoms with E-state index in [9.17, 15) is 13.7 Å². The molecule has 0 aliphatic heterocycles. The Labute approximate surface area is 202 Å². The third kappa shape index (κ3) is 5.56. The minimum Gasteiger partial charge on any atom is -0.490 e. The zero-order chi connectivity index (χ0) is 23.6. The van der Waals surface area contributed by atoms with Crippen LogP contribution in [0.15, 0.2) is 42.6 Å². The van der Waals surface area contributed by atoms with Gasteiger partial charge in [-0.1, -0.05) is 11.6 Å². The molecular weight excluding hydrogens is 485 g/mol. The SMILES string of the molecule is CS(=O)(=O)N[C@@H]1CC[C@H](Oc2ccc3c(ccn3-c3cc(Cl)c(OCCCl)c(C#N)c3)c2)C1. The maximum atomic E-state index is 11.5. The van der Waals surface area contributed by atoms with Crippen LogP contribution in [0.25, 0.3) is 16.6 Å². The number of sulfonamides is 1. The van der Waals surface area contributed by atoms with Gasteiger partial charge in [-0.15, -0.1) is 11.6 Å². The molecule has 1 aliphatic carbocycles. The van der Waals surface area contributed by atoms with Crippen molar-refractivity contribution < 1.29 is 17.9 Å². The predicted octanol–water partition coefficient (Wildman–Crippen LogP) is 4.62. The van der Waals surface area contributed by atoms with Gasteiger partial charge in [-0.2, -0.15) is 5.26 Å². The van der Waals surface area contributed by atoms with Crippen molar-refractivity contribution in [2.75, 3.05) is 18.7 Å². The van der Waals surface area contributed by atoms with E-state index in [0.29, 0.717) is 28.6 Å². The van der Waals surface area contributed by atoms with E-state index in [2.05, 4.69) is 10.8 Å². The lowest BCUT2D eigenvalue weighted by Gasteiger charge is -2.15. The zero-order valence-corrected chi connectivity index (χ0v) is 20.3. The molecule has 1 fully saturated rings. The number of hydrogen-bond acceptors (Lipinski definition) is 5. The van der Waals surface area contributed by atoms with Gasteiger partial charge in [-0.3, -0.25) is 0 Å². The molecule has 0 bridgehead atoms. The normalized spacial score (nSPS) is 18.4. The fourth-order valence-electron chi connectivity index (χ4n) is 4.16. The fourth-order valence-corrected chi connectivity index (χ4v) is 5.32. The van der Waals surface area contributed by atoms with Crippen molar-refractivity contribution in [1.29, 1.82) is 5.26 Å². The predicted molar refractivity (Wildman–Crippen MR) is 129 cm³/mol. The summed E-state index contributed by atoms with van der Waals surface area (Å²) in [5.41, 5.74) is 2.01. The second-order valence-corrected chi connectivity index (χ2v) is 10.6. The van der Waals surface area contributed by atoms with Crippen LogP contribution in [-0.4, -0.2) is 43.9 Å². The largest absolute Gasteiger partial charge is 0.490 e. The zero-order valence-electron chi connectivity index (χ0n) is 17.9. The van der Waals surface area contributed by atoms with Crippen molar-refractivity contribution in [3.63, 3.8) is 0 Å². The first-order valence-corrected chi connectivity index (χ1v) is 13.3. The first kappa shape index (κ1) is 23.7. The van der Waals surface area contributed by atoms with Crippen LogP contribution in [0.4, 0.5) is 0 Å². The van der Waals surface area contributed by atoms with Crippen LogP contribution in [0.1, 0.15) is 24.8 Å². The van der Waals surface area contributed by atoms with Gasteiger partial charge in [-0.05, 0) is 49.2 Å². The summed E-state index contributed by atoms with van der Waals surface area (Å²) in [6, 6.07) is 13.3. The van der Waals surface area contributed by atoms with Crippen LogP contribution in [0.5, 0.6) is 11.5 Å². The van der Waals surface area contributed by atoms with Crippen LogP contribution >= 0.6 is 23.2 Å². The number of halogens is 2. The van der Waals surface area contributed by atoms with E-state index in [1.54, 1.807) is 12.1 Å². The van der Waals surface area contributed by atoms with Crippen molar-refractivity contribution in [2.45, 2.75) is 31.4 Å². The van der Waals surface area contributed by atoms with Crippen LogP contribution in [0, 0.1) is 11.3 Å². The monoisotopic (exact) mass is 507 g/mol. The Morgan fingerprint density at radius 1 is 1.24 bits per heavy atom. The molecule has 1 saturated carbocycles. The minimum atomic E-state index is -3.22. The highest BCUT2D eigenvalue weighted by molar-refractivity contribution is 7.88. The van der Waals surface area contributed by atoms with Crippen molar-refractivity contribution in [3.05, 3.63) is 53.2 Å². The van der Waals surface area contributed by atoms with E-state index in [-0.39, 0.29) is 18.8 Å². The smallest absolute Gasteiger partial charge is 0.208 e. The van der Waals surface area contributed by atoms with E-state index in [0.717, 1.165) is 35.2 Å². The van der Waals surface area contributed by atoms with E-state index in [1.807, 2.05) is 35.0 Å². The molecule has 0 unspecified atom stereocenters. The van der Waals surface area contributed by atoms with Crippen LogP contribution in [0.3, 0.4) is 0 Å². The van der Waals surface area contributed by atoms with Gasteiger partial charge in [-0.25, -0.2) is 13.1 Å². The third-order valence-corrected chi connectivity index (χ3v) is 6.68. The number of rotatable bonds is 8. The van der Waals surface area contributed by atoms with Gasteiger partial charge in [0.05, 0.1) is 28.2 Å². The summed E-state index contributed by atoms with van der Waals surface area (Å²) in [5, 5.41) is 10.9. The fraction of sp³-hybridized carbons (Fsp3) is 0.348. The van der Waals surface area contributed by atoms with Gasteiger partial charge in [0, 0.05) is 29.7 Å². The molecule has 0 amide bonds. The summed E-state index contributed by atoms with van der Waals surface area (Å²) in [5.74, 6) is 1.35. The summed E-state index contributed by atoms with van der Waals surface area (Å²) >= 11 is 12.1. The number of ether oxygens (including phenoxy) is 2. The topological polar surface area (TPSA) is 93.3 Å². The van der Waals surface area contributed by atoms with Gasteiger partial charge in [0.25, 0.3) is 0 Å². The first-order valence-electron chi connectivity index (χ1n) is 10.5. The molecule has 1 N–H and O–H groups in total. The Balaban J connectivity index is 1.54. The molecule has 174 valence electrons. The number of nitriles is 1. The second kappa shape index (κ2) is 9.82. The maximum Gasteiger partial charge on any atom is 0.208 e. The Kier molecular flexibility index (Phi) is 7.05. The highest BCUT2D eigenvalue weighted by atomic mass is 35.5. The van der Waals surface area contributed by atoms with Gasteiger partial charge in [0.2, 0.25) is 10.0 Å². The molecule has 10 heteroatoms. The molecule has 4 rings (SSSR count). The van der Waals surface area contributed by atoms with E-state index < -0.39 is 10.0 Å². The number of benzene rings is 2. The van der Waals surface area contributed by atoms with E-state index >= 15 is 0 Å². The average Bonchev–Trinajstić information content (AvgIpc) is 3.37. The Hall–Kier alpha value is -2.44. The standard InChI is InChI=1S/C23H23Cl2N3O4S/c1-33(29,30)27-17-2-3-20(12-17)32-19-4-5-22-15(11-19)6-8-28(22)18-10-16(14-26)23(21(25)13-18)31-9-7-24/h4-6,8,10-11,13,17,20,27H,2-3,7,9,12H2,1H3/t17-,20+/m1/s1. The number of nitrogens with zero attached hydrogens (tertiary/aromatic N) is 2. The summed E-state index contributed by atoms with van der Waals surface area (Å²) in [6.45, 7) is 0.261. The summed E-state index contributed by atoms with van der Waals surface area (Å²) in [4.78, 5) is 0. The molecule has 3 aromatic rings. The van der Waals surface area contributed by atoms with Crippen molar-refractivity contribution in [3.8, 4) is 23.3 Å². The van der Waals surface area contributed by atoms with Crippen molar-refractivity contribution in [1.82, 2.24) is 9.29 Å². The molecule has 1 heterocycles. The van der Waals surface area contributed by atoms with Crippen molar-refractivity contribution >= 4 is 44.1 Å². The highest BCUT2D eigenvalue weighted by Gasteiger charge is 2.28. The molecule has 2 atom stereocenters. The number of hydrogen-bond donors (Lipinski definition) is 1. The van der Waals surface area contributed by atoms with Gasteiger partial charge in [0.15, 0.2) is 5.75 Å². The number of fused-ring (bicyclic) bond motifs is 1. The molecule has 7 nitrogen and oxygen atoms in total. The lowest BCUT2D eigenvalue weighted by atomic mass is 10.2. The molecule has 2 aromatic carbocycles. The highest BCUT2D eigenvalue weighted by Crippen LogP contribution is 2.34. The molecule has 0 radical (unpaired) electrons.